The number of ether oxygens (including phenoxy) is 2. The summed E-state index contributed by atoms with van der Waals surface area (Å²) in [6.45, 7) is 5.54. The highest BCUT2D eigenvalue weighted by atomic mass is 16.5. The maximum absolute atomic E-state index is 12.2. The number of anilines is 1. The van der Waals surface area contributed by atoms with Crippen LogP contribution in [0.15, 0.2) is 16.0 Å². The fraction of sp³-hybridized carbons (Fsp3) is 0.529. The molecule has 0 saturated carbocycles. The molecule has 9 nitrogen and oxygen atoms in total. The third-order valence-corrected chi connectivity index (χ3v) is 4.04. The molecule has 9 heteroatoms. The Morgan fingerprint density at radius 3 is 2.31 bits per heavy atom. The van der Waals surface area contributed by atoms with Crippen LogP contribution >= 0.6 is 0 Å². The minimum Gasteiger partial charge on any atom is -0.462 e. The van der Waals surface area contributed by atoms with Crippen molar-refractivity contribution in [3.05, 3.63) is 27.5 Å². The normalized spacial score (nSPS) is 16.7. The zero-order valence-electron chi connectivity index (χ0n) is 15.3. The molecule has 2 heterocycles. The highest BCUT2D eigenvalue weighted by Crippen LogP contribution is 2.15. The third kappa shape index (κ3) is 4.92. The van der Waals surface area contributed by atoms with E-state index in [9.17, 15) is 14.4 Å². The molecule has 0 amide bonds. The van der Waals surface area contributed by atoms with E-state index in [0.717, 1.165) is 31.6 Å². The Labute approximate surface area is 151 Å². The number of esters is 2. The minimum absolute atomic E-state index is 0.0254. The van der Waals surface area contributed by atoms with E-state index in [4.69, 9.17) is 9.47 Å². The molecule has 1 aliphatic rings. The molecule has 1 fully saturated rings. The van der Waals surface area contributed by atoms with Crippen LogP contribution in [0.5, 0.6) is 0 Å². The average molecular weight is 365 g/mol. The number of carbonyl (C=O) groups excluding carboxylic acids is 2. The molecule has 0 bridgehead atoms. The van der Waals surface area contributed by atoms with Gasteiger partial charge in [-0.2, -0.15) is 5.10 Å². The minimum atomic E-state index is -0.796. The summed E-state index contributed by atoms with van der Waals surface area (Å²) in [5.41, 5.74) is 2.82. The van der Waals surface area contributed by atoms with E-state index >= 15 is 0 Å². The maximum atomic E-state index is 12.2. The van der Waals surface area contributed by atoms with Crippen molar-refractivity contribution in [1.29, 1.82) is 0 Å². The van der Waals surface area contributed by atoms with Crippen molar-refractivity contribution < 1.29 is 24.0 Å². The second-order valence-corrected chi connectivity index (χ2v) is 5.99. The summed E-state index contributed by atoms with van der Waals surface area (Å²) < 4.78 is 9.85. The number of likely N-dealkylation sites (tertiary alicyclic amines) is 1. The van der Waals surface area contributed by atoms with E-state index in [-0.39, 0.29) is 30.2 Å². The highest BCUT2D eigenvalue weighted by Gasteiger charge is 2.21. The number of hydrazone groups is 1. The van der Waals surface area contributed by atoms with Crippen LogP contribution in [-0.4, -0.2) is 56.0 Å². The lowest BCUT2D eigenvalue weighted by molar-refractivity contribution is -0.880. The van der Waals surface area contributed by atoms with Gasteiger partial charge in [-0.05, 0) is 19.9 Å². The van der Waals surface area contributed by atoms with Crippen molar-refractivity contribution in [2.24, 2.45) is 5.10 Å². The highest BCUT2D eigenvalue weighted by molar-refractivity contribution is 5.98. The van der Waals surface area contributed by atoms with Gasteiger partial charge in [0.15, 0.2) is 0 Å². The van der Waals surface area contributed by atoms with Gasteiger partial charge >= 0.3 is 11.9 Å². The van der Waals surface area contributed by atoms with Crippen LogP contribution in [0.2, 0.25) is 0 Å². The molecule has 1 saturated heterocycles. The molecule has 1 aromatic heterocycles. The monoisotopic (exact) mass is 365 g/mol. The number of pyridine rings is 1. The third-order valence-electron chi connectivity index (χ3n) is 4.04. The van der Waals surface area contributed by atoms with Gasteiger partial charge in [-0.1, -0.05) is 0 Å². The lowest BCUT2D eigenvalue weighted by Gasteiger charge is -2.20. The predicted octanol–water partition coefficient (Wildman–Crippen LogP) is -0.195. The summed E-state index contributed by atoms with van der Waals surface area (Å²) in [4.78, 5) is 40.2. The van der Waals surface area contributed by atoms with Crippen molar-refractivity contribution >= 4 is 23.5 Å². The molecule has 26 heavy (non-hydrogen) atoms. The Bertz CT molecular complexity index is 746. The fourth-order valence-corrected chi connectivity index (χ4v) is 2.56. The van der Waals surface area contributed by atoms with Crippen LogP contribution in [0.25, 0.3) is 0 Å². The van der Waals surface area contributed by atoms with Gasteiger partial charge < -0.3 is 19.4 Å². The van der Waals surface area contributed by atoms with Crippen LogP contribution in [-0.2, 0) is 9.47 Å². The molecule has 0 aromatic carbocycles. The topological polar surface area (TPSA) is 114 Å². The summed E-state index contributed by atoms with van der Waals surface area (Å²) in [6, 6.07) is 1.18. The number of nitrogens with zero attached hydrogens (tertiary/aromatic N) is 1. The van der Waals surface area contributed by atoms with E-state index in [2.05, 4.69) is 22.6 Å². The van der Waals surface area contributed by atoms with Gasteiger partial charge in [0.25, 0.3) is 5.56 Å². The molecular formula is C17H25N4O5+. The number of hydrogen-bond donors (Lipinski definition) is 3. The number of nitrogens with one attached hydrogen (secondary N) is 3. The molecule has 1 aliphatic heterocycles. The lowest BCUT2D eigenvalue weighted by atomic mass is 10.1. The molecule has 2 rings (SSSR count). The smallest absolute Gasteiger partial charge is 0.343 e. The van der Waals surface area contributed by atoms with Gasteiger partial charge in [0, 0.05) is 18.6 Å². The molecule has 0 spiro atoms. The van der Waals surface area contributed by atoms with Gasteiger partial charge in [0.05, 0.1) is 33.4 Å². The van der Waals surface area contributed by atoms with Crippen LogP contribution in [0.1, 0.15) is 47.4 Å². The number of rotatable bonds is 6. The molecule has 0 atom stereocenters. The van der Waals surface area contributed by atoms with Crippen molar-refractivity contribution in [3.8, 4) is 0 Å². The molecule has 3 N–H and O–H groups in total. The predicted molar refractivity (Wildman–Crippen MR) is 95.9 cm³/mol. The van der Waals surface area contributed by atoms with Crippen molar-refractivity contribution in [2.75, 3.05) is 38.8 Å². The maximum Gasteiger partial charge on any atom is 0.343 e. The largest absolute Gasteiger partial charge is 0.462 e. The van der Waals surface area contributed by atoms with Crippen LogP contribution in [0.3, 0.4) is 0 Å². The molecule has 0 aliphatic carbocycles. The summed E-state index contributed by atoms with van der Waals surface area (Å²) in [6.07, 6.45) is 1.66. The van der Waals surface area contributed by atoms with Crippen LogP contribution in [0, 0.1) is 0 Å². The number of carbonyl (C=O) groups is 2. The number of hydrogen-bond acceptors (Lipinski definition) is 7. The summed E-state index contributed by atoms with van der Waals surface area (Å²) in [7, 11) is 2.12. The quantitative estimate of drug-likeness (QED) is 0.475. The van der Waals surface area contributed by atoms with Gasteiger partial charge in [0.1, 0.15) is 16.9 Å². The van der Waals surface area contributed by atoms with E-state index in [1.165, 1.54) is 11.0 Å². The zero-order valence-corrected chi connectivity index (χ0v) is 15.3. The van der Waals surface area contributed by atoms with E-state index in [1.807, 2.05) is 0 Å². The SMILES string of the molecule is CCOC(=O)c1cc(C(=O)OCC)c(=O)[nH]c1NN=C1CC[NH+](C)CC1. The Hall–Kier alpha value is -2.68. The number of quaternary nitrogens is 1. The first-order valence-corrected chi connectivity index (χ1v) is 8.70. The molecule has 1 aromatic rings. The Morgan fingerprint density at radius 2 is 1.73 bits per heavy atom. The Morgan fingerprint density at radius 1 is 1.15 bits per heavy atom. The van der Waals surface area contributed by atoms with Gasteiger partial charge in [0.2, 0.25) is 0 Å². The summed E-state index contributed by atoms with van der Waals surface area (Å²) in [5, 5.41) is 4.30. The number of aromatic amines is 1. The second kappa shape index (κ2) is 9.14. The number of piperidine rings is 1. The van der Waals surface area contributed by atoms with Crippen LogP contribution in [0.4, 0.5) is 5.82 Å². The van der Waals surface area contributed by atoms with E-state index in [0.29, 0.717) is 0 Å². The fourth-order valence-electron chi connectivity index (χ4n) is 2.56. The number of H-pyrrole nitrogens is 1. The molecule has 0 radical (unpaired) electrons. The first-order chi connectivity index (χ1) is 12.5. The van der Waals surface area contributed by atoms with Gasteiger partial charge in [-0.3, -0.25) is 10.2 Å². The van der Waals surface area contributed by atoms with Crippen molar-refractivity contribution in [1.82, 2.24) is 4.98 Å². The molecule has 0 unspecified atom stereocenters. The first kappa shape index (κ1) is 19.6. The number of aromatic nitrogens is 1. The summed E-state index contributed by atoms with van der Waals surface area (Å²) in [5.74, 6) is -1.36. The summed E-state index contributed by atoms with van der Waals surface area (Å²) >= 11 is 0. The molecule has 142 valence electrons. The van der Waals surface area contributed by atoms with Gasteiger partial charge in [-0.15, -0.1) is 0 Å². The average Bonchev–Trinajstić information content (AvgIpc) is 2.61. The first-order valence-electron chi connectivity index (χ1n) is 8.70. The van der Waals surface area contributed by atoms with Crippen LogP contribution < -0.4 is 15.9 Å². The van der Waals surface area contributed by atoms with E-state index < -0.39 is 17.5 Å². The lowest BCUT2D eigenvalue weighted by Crippen LogP contribution is -3.10. The van der Waals surface area contributed by atoms with E-state index in [1.54, 1.807) is 13.8 Å². The van der Waals surface area contributed by atoms with Crippen molar-refractivity contribution in [2.45, 2.75) is 26.7 Å². The zero-order chi connectivity index (χ0) is 19.1. The Kier molecular flexibility index (Phi) is 6.90. The van der Waals surface area contributed by atoms with Crippen molar-refractivity contribution in [3.63, 3.8) is 0 Å². The second-order valence-electron chi connectivity index (χ2n) is 5.99. The molecular weight excluding hydrogens is 340 g/mol. The Balaban J connectivity index is 2.32. The van der Waals surface area contributed by atoms with Gasteiger partial charge in [-0.25, -0.2) is 9.59 Å². The standard InChI is InChI=1S/C17H24N4O5/c1-4-25-16(23)12-10-13(17(24)26-5-2)15(22)18-14(12)20-19-11-6-8-21(3)9-7-11/h10H,4-9H2,1-3H3,(H2,18,20,22)/p+1.